The van der Waals surface area contributed by atoms with E-state index in [1.165, 1.54) is 11.3 Å². The van der Waals surface area contributed by atoms with Crippen molar-refractivity contribution in [1.29, 1.82) is 0 Å². The minimum Gasteiger partial charge on any atom is -0.339 e. The molecule has 4 rings (SSSR count). The Bertz CT molecular complexity index is 1080. The molecule has 0 spiro atoms. The Morgan fingerprint density at radius 2 is 2.04 bits per heavy atom. The molecule has 0 unspecified atom stereocenters. The zero-order valence-corrected chi connectivity index (χ0v) is 16.5. The predicted molar refractivity (Wildman–Crippen MR) is 101 cm³/mol. The lowest BCUT2D eigenvalue weighted by Crippen LogP contribution is -2.13. The van der Waals surface area contributed by atoms with Crippen molar-refractivity contribution in [2.24, 2.45) is 0 Å². The Kier molecular flexibility index (Phi) is 4.29. The highest BCUT2D eigenvalue weighted by Gasteiger charge is 2.30. The fourth-order valence-electron chi connectivity index (χ4n) is 2.54. The summed E-state index contributed by atoms with van der Waals surface area (Å²) in [5.41, 5.74) is 1.30. The maximum Gasteiger partial charge on any atom is 0.263 e. The van der Waals surface area contributed by atoms with Crippen LogP contribution in [0.1, 0.15) is 35.1 Å². The van der Waals surface area contributed by atoms with E-state index in [0.29, 0.717) is 38.1 Å². The molecule has 0 amide bonds. The molecule has 1 aliphatic rings. The summed E-state index contributed by atoms with van der Waals surface area (Å²) < 4.78 is 33.4. The summed E-state index contributed by atoms with van der Waals surface area (Å²) in [6, 6.07) is 6.63. The number of nitrogens with zero attached hydrogens (tertiary/aromatic N) is 2. The third kappa shape index (κ3) is 3.36. The van der Waals surface area contributed by atoms with Gasteiger partial charge in [-0.1, -0.05) is 22.8 Å². The smallest absolute Gasteiger partial charge is 0.263 e. The summed E-state index contributed by atoms with van der Waals surface area (Å²) in [6.45, 7) is 3.61. The first-order valence-corrected chi connectivity index (χ1v) is 10.7. The maximum absolute atomic E-state index is 12.8. The van der Waals surface area contributed by atoms with Crippen molar-refractivity contribution in [3.8, 4) is 10.7 Å². The minimum atomic E-state index is -3.74. The first kappa shape index (κ1) is 17.5. The SMILES string of the molecule is Cc1ccc(NS(=O)(=O)c2cc(-c3noc(C4CC4)n3)sc2C)cc1Cl. The van der Waals surface area contributed by atoms with Gasteiger partial charge >= 0.3 is 0 Å². The number of aromatic nitrogens is 2. The molecule has 1 aliphatic carbocycles. The third-order valence-corrected chi connectivity index (χ3v) is 7.26. The van der Waals surface area contributed by atoms with Crippen LogP contribution in [0, 0.1) is 13.8 Å². The van der Waals surface area contributed by atoms with Crippen molar-refractivity contribution in [2.45, 2.75) is 37.5 Å². The van der Waals surface area contributed by atoms with Gasteiger partial charge in [0, 0.05) is 15.8 Å². The summed E-state index contributed by atoms with van der Waals surface area (Å²) in [7, 11) is -3.74. The molecule has 0 aliphatic heterocycles. The van der Waals surface area contributed by atoms with Crippen molar-refractivity contribution < 1.29 is 12.9 Å². The van der Waals surface area contributed by atoms with Gasteiger partial charge in [-0.05, 0) is 50.5 Å². The molecule has 3 aromatic rings. The lowest BCUT2D eigenvalue weighted by atomic mass is 10.2. The van der Waals surface area contributed by atoms with Gasteiger partial charge in [-0.25, -0.2) is 8.42 Å². The Hall–Kier alpha value is -1.90. The summed E-state index contributed by atoms with van der Waals surface area (Å²) in [4.78, 5) is 5.91. The average molecular weight is 410 g/mol. The van der Waals surface area contributed by atoms with E-state index in [1.54, 1.807) is 31.2 Å². The first-order valence-electron chi connectivity index (χ1n) is 8.07. The van der Waals surface area contributed by atoms with Crippen LogP contribution in [0.3, 0.4) is 0 Å². The number of hydrogen-bond acceptors (Lipinski definition) is 6. The molecule has 1 aromatic carbocycles. The van der Waals surface area contributed by atoms with Crippen LogP contribution >= 0.6 is 22.9 Å². The summed E-state index contributed by atoms with van der Waals surface area (Å²) >= 11 is 7.40. The second-order valence-electron chi connectivity index (χ2n) is 6.33. The fraction of sp³-hybridized carbons (Fsp3) is 0.294. The van der Waals surface area contributed by atoms with Crippen molar-refractivity contribution in [1.82, 2.24) is 10.1 Å². The van der Waals surface area contributed by atoms with E-state index < -0.39 is 10.0 Å². The standard InChI is InChI=1S/C17H16ClN3O3S2/c1-9-3-6-12(7-13(9)18)21-26(22,23)15-8-14(25-10(15)2)16-19-17(24-20-16)11-4-5-11/h3,6-8,11,21H,4-5H2,1-2H3. The summed E-state index contributed by atoms with van der Waals surface area (Å²) in [6.07, 6.45) is 2.13. The van der Waals surface area contributed by atoms with Gasteiger partial charge in [0.1, 0.15) is 4.90 Å². The Balaban J connectivity index is 1.63. The van der Waals surface area contributed by atoms with E-state index in [9.17, 15) is 8.42 Å². The number of sulfonamides is 1. The van der Waals surface area contributed by atoms with E-state index in [2.05, 4.69) is 14.9 Å². The number of hydrogen-bond donors (Lipinski definition) is 1. The molecule has 6 nitrogen and oxygen atoms in total. The maximum atomic E-state index is 12.8. The largest absolute Gasteiger partial charge is 0.339 e. The zero-order valence-electron chi connectivity index (χ0n) is 14.1. The number of halogens is 1. The van der Waals surface area contributed by atoms with Crippen LogP contribution in [0.5, 0.6) is 0 Å². The second-order valence-corrected chi connectivity index (χ2v) is 9.65. The molecular weight excluding hydrogens is 394 g/mol. The third-order valence-electron chi connectivity index (χ3n) is 4.17. The normalized spacial score (nSPS) is 14.6. The first-order chi connectivity index (χ1) is 12.3. The lowest BCUT2D eigenvalue weighted by Gasteiger charge is -2.08. The van der Waals surface area contributed by atoms with Crippen molar-refractivity contribution in [2.75, 3.05) is 4.72 Å². The molecule has 0 bridgehead atoms. The van der Waals surface area contributed by atoms with Gasteiger partial charge in [0.2, 0.25) is 11.7 Å². The van der Waals surface area contributed by atoms with Gasteiger partial charge in [-0.3, -0.25) is 4.72 Å². The molecular formula is C17H16ClN3O3S2. The summed E-state index contributed by atoms with van der Waals surface area (Å²) in [5, 5.41) is 4.49. The van der Waals surface area contributed by atoms with Gasteiger partial charge in [0.15, 0.2) is 0 Å². The van der Waals surface area contributed by atoms with E-state index >= 15 is 0 Å². The zero-order chi connectivity index (χ0) is 18.5. The number of rotatable bonds is 5. The Morgan fingerprint density at radius 1 is 1.27 bits per heavy atom. The van der Waals surface area contributed by atoms with E-state index in [0.717, 1.165) is 18.4 Å². The molecule has 1 saturated carbocycles. The highest BCUT2D eigenvalue weighted by Crippen LogP contribution is 2.40. The average Bonchev–Trinajstić information content (AvgIpc) is 3.16. The molecule has 0 atom stereocenters. The Morgan fingerprint density at radius 3 is 2.73 bits per heavy atom. The highest BCUT2D eigenvalue weighted by atomic mass is 35.5. The van der Waals surface area contributed by atoms with Gasteiger partial charge in [-0.15, -0.1) is 11.3 Å². The van der Waals surface area contributed by atoms with Crippen molar-refractivity contribution in [3.63, 3.8) is 0 Å². The van der Waals surface area contributed by atoms with Crippen LogP contribution in [-0.2, 0) is 10.0 Å². The van der Waals surface area contributed by atoms with Gasteiger partial charge in [-0.2, -0.15) is 4.98 Å². The van der Waals surface area contributed by atoms with Crippen molar-refractivity contribution in [3.05, 3.63) is 45.6 Å². The van der Waals surface area contributed by atoms with Crippen molar-refractivity contribution >= 4 is 38.6 Å². The van der Waals surface area contributed by atoms with Gasteiger partial charge < -0.3 is 4.52 Å². The highest BCUT2D eigenvalue weighted by molar-refractivity contribution is 7.93. The van der Waals surface area contributed by atoms with E-state index in [1.807, 2.05) is 6.92 Å². The lowest BCUT2D eigenvalue weighted by molar-refractivity contribution is 0.380. The quantitative estimate of drug-likeness (QED) is 0.657. The predicted octanol–water partition coefficient (Wildman–Crippen LogP) is 4.75. The molecule has 2 aromatic heterocycles. The summed E-state index contributed by atoms with van der Waals surface area (Å²) in [5.74, 6) is 1.41. The van der Waals surface area contributed by atoms with Crippen LogP contribution < -0.4 is 4.72 Å². The number of benzene rings is 1. The number of nitrogens with one attached hydrogen (secondary N) is 1. The van der Waals surface area contributed by atoms with Crippen LogP contribution in [0.25, 0.3) is 10.7 Å². The topological polar surface area (TPSA) is 85.1 Å². The van der Waals surface area contributed by atoms with Gasteiger partial charge in [0.05, 0.1) is 10.6 Å². The Labute approximate surface area is 160 Å². The monoisotopic (exact) mass is 409 g/mol. The van der Waals surface area contributed by atoms with Crippen LogP contribution in [0.4, 0.5) is 5.69 Å². The fourth-order valence-corrected chi connectivity index (χ4v) is 5.29. The molecule has 0 saturated heterocycles. The molecule has 136 valence electrons. The molecule has 1 N–H and O–H groups in total. The van der Waals surface area contributed by atoms with Gasteiger partial charge in [0.25, 0.3) is 10.0 Å². The number of anilines is 1. The van der Waals surface area contributed by atoms with E-state index in [4.69, 9.17) is 16.1 Å². The second kappa shape index (κ2) is 6.37. The van der Waals surface area contributed by atoms with Crippen LogP contribution in [-0.4, -0.2) is 18.6 Å². The number of aryl methyl sites for hydroxylation is 2. The molecule has 9 heteroatoms. The minimum absolute atomic E-state index is 0.201. The van der Waals surface area contributed by atoms with Crippen LogP contribution in [0.2, 0.25) is 5.02 Å². The molecule has 2 heterocycles. The van der Waals surface area contributed by atoms with Crippen LogP contribution in [0.15, 0.2) is 33.7 Å². The molecule has 0 radical (unpaired) electrons. The van der Waals surface area contributed by atoms with E-state index in [-0.39, 0.29) is 4.90 Å². The molecule has 26 heavy (non-hydrogen) atoms. The molecule has 1 fully saturated rings. The number of thiophene rings is 1.